The zero-order valence-electron chi connectivity index (χ0n) is 14.7. The maximum Gasteiger partial charge on any atom is 0.332 e. The highest BCUT2D eigenvalue weighted by Crippen LogP contribution is 2.12. The van der Waals surface area contributed by atoms with Gasteiger partial charge in [-0.3, -0.25) is 13.9 Å². The van der Waals surface area contributed by atoms with Gasteiger partial charge in [-0.15, -0.1) is 0 Å². The number of hydrogen-bond donors (Lipinski definition) is 0. The van der Waals surface area contributed by atoms with E-state index in [1.165, 1.54) is 11.6 Å². The number of hydrogen-bond acceptors (Lipinski definition) is 3. The van der Waals surface area contributed by atoms with E-state index in [-0.39, 0.29) is 28.2 Å². The van der Waals surface area contributed by atoms with E-state index in [9.17, 15) is 9.59 Å². The quantitative estimate of drug-likeness (QED) is 0.519. The lowest BCUT2D eigenvalue weighted by molar-refractivity contribution is -0.891. The molecule has 0 spiro atoms. The molecule has 0 radical (unpaired) electrons. The van der Waals surface area contributed by atoms with Gasteiger partial charge in [-0.2, -0.15) is 0 Å². The molecular formula is C15H26BrN5O2. The highest BCUT2D eigenvalue weighted by molar-refractivity contribution is 5.69. The van der Waals surface area contributed by atoms with E-state index in [4.69, 9.17) is 0 Å². The van der Waals surface area contributed by atoms with E-state index in [1.807, 2.05) is 4.57 Å². The van der Waals surface area contributed by atoms with Crippen LogP contribution < -0.4 is 28.2 Å². The summed E-state index contributed by atoms with van der Waals surface area (Å²) in [6, 6.07) is 0. The van der Waals surface area contributed by atoms with Crippen LogP contribution in [0, 0.1) is 5.92 Å². The fourth-order valence-corrected chi connectivity index (χ4v) is 2.90. The molecule has 2 aromatic rings. The predicted molar refractivity (Wildman–Crippen MR) is 86.9 cm³/mol. The maximum atomic E-state index is 12.4. The second-order valence-corrected chi connectivity index (χ2v) is 6.81. The van der Waals surface area contributed by atoms with Gasteiger partial charge >= 0.3 is 5.69 Å². The van der Waals surface area contributed by atoms with Crippen molar-refractivity contribution in [1.29, 1.82) is 0 Å². The first kappa shape index (κ1) is 19.6. The van der Waals surface area contributed by atoms with Gasteiger partial charge < -0.3 is 26.0 Å². The molecule has 0 aliphatic carbocycles. The van der Waals surface area contributed by atoms with Crippen LogP contribution in [0.3, 0.4) is 0 Å². The van der Waals surface area contributed by atoms with Crippen LogP contribution >= 0.6 is 0 Å². The van der Waals surface area contributed by atoms with E-state index in [2.05, 4.69) is 32.9 Å². The summed E-state index contributed by atoms with van der Waals surface area (Å²) in [7, 11) is 7.54. The van der Waals surface area contributed by atoms with Crippen LogP contribution in [0.1, 0.15) is 13.8 Å². The summed E-state index contributed by atoms with van der Waals surface area (Å²) < 4.78 is 5.36. The molecule has 0 aliphatic rings. The van der Waals surface area contributed by atoms with Gasteiger partial charge in [0, 0.05) is 26.6 Å². The maximum absolute atomic E-state index is 12.4. The second kappa shape index (κ2) is 7.00. The topological polar surface area (TPSA) is 61.8 Å². The van der Waals surface area contributed by atoms with Crippen molar-refractivity contribution in [3.63, 3.8) is 0 Å². The highest BCUT2D eigenvalue weighted by atomic mass is 79.9. The Morgan fingerprint density at radius 3 is 2.39 bits per heavy atom. The Morgan fingerprint density at radius 2 is 1.83 bits per heavy atom. The van der Waals surface area contributed by atoms with Crippen molar-refractivity contribution in [2.24, 2.45) is 20.0 Å². The molecular weight excluding hydrogens is 362 g/mol. The van der Waals surface area contributed by atoms with Crippen LogP contribution in [-0.4, -0.2) is 50.4 Å². The van der Waals surface area contributed by atoms with Crippen LogP contribution in [-0.2, 0) is 20.6 Å². The van der Waals surface area contributed by atoms with Gasteiger partial charge in [0.15, 0.2) is 11.2 Å². The summed E-state index contributed by atoms with van der Waals surface area (Å²) in [5, 5.41) is 0. The molecule has 2 rings (SSSR count). The molecule has 7 nitrogen and oxygen atoms in total. The number of aromatic nitrogens is 4. The first-order chi connectivity index (χ1) is 10.2. The second-order valence-electron chi connectivity index (χ2n) is 6.81. The molecule has 0 bridgehead atoms. The molecule has 0 fully saturated rings. The van der Waals surface area contributed by atoms with Gasteiger partial charge in [0.25, 0.3) is 5.56 Å². The Kier molecular flexibility index (Phi) is 5.98. The Morgan fingerprint density at radius 1 is 1.22 bits per heavy atom. The lowest BCUT2D eigenvalue weighted by atomic mass is 10.1. The van der Waals surface area contributed by atoms with Crippen molar-refractivity contribution in [3.05, 3.63) is 27.2 Å². The normalized spacial score (nSPS) is 13.1. The van der Waals surface area contributed by atoms with Crippen molar-refractivity contribution < 1.29 is 21.5 Å². The smallest absolute Gasteiger partial charge is 0.332 e. The number of rotatable bonds is 5. The standard InChI is InChI=1S/C15H26N5O2.BrH/c1-7-20(5,6)9-11(2)8-19-10-16-13-12(19)14(21)18(4)15(22)17(13)3;/h10-11H,7-9H2,1-6H3;1H/q+1;/p-1. The Balaban J connectivity index is 0.00000264. The SMILES string of the molecule is CC[N+](C)(C)CC(C)Cn1cnc2c1c(=O)n(C)c(=O)n2C.[Br-]. The van der Waals surface area contributed by atoms with Crippen molar-refractivity contribution in [3.8, 4) is 0 Å². The van der Waals surface area contributed by atoms with Gasteiger partial charge in [0.2, 0.25) is 0 Å². The molecule has 0 N–H and O–H groups in total. The summed E-state index contributed by atoms with van der Waals surface area (Å²) in [6.45, 7) is 7.14. The number of halogens is 1. The molecule has 1 unspecified atom stereocenters. The summed E-state index contributed by atoms with van der Waals surface area (Å²) in [5.74, 6) is 0.397. The average molecular weight is 388 g/mol. The van der Waals surface area contributed by atoms with E-state index in [1.54, 1.807) is 13.4 Å². The minimum atomic E-state index is -0.348. The third-order valence-electron chi connectivity index (χ3n) is 4.39. The number of aryl methyl sites for hydroxylation is 1. The van der Waals surface area contributed by atoms with Crippen molar-refractivity contribution >= 4 is 11.2 Å². The minimum Gasteiger partial charge on any atom is -1.00 e. The molecule has 2 aromatic heterocycles. The van der Waals surface area contributed by atoms with Gasteiger partial charge in [-0.1, -0.05) is 6.92 Å². The first-order valence-corrected chi connectivity index (χ1v) is 7.60. The summed E-state index contributed by atoms with van der Waals surface area (Å²) >= 11 is 0. The fourth-order valence-electron chi connectivity index (χ4n) is 2.90. The average Bonchev–Trinajstić information content (AvgIpc) is 2.85. The van der Waals surface area contributed by atoms with Crippen LogP contribution in [0.4, 0.5) is 0 Å². The molecule has 0 saturated carbocycles. The van der Waals surface area contributed by atoms with Crippen LogP contribution in [0.25, 0.3) is 11.2 Å². The largest absolute Gasteiger partial charge is 1.00 e. The van der Waals surface area contributed by atoms with Crippen LogP contribution in [0.2, 0.25) is 0 Å². The lowest BCUT2D eigenvalue weighted by Crippen LogP contribution is -3.00. The summed E-state index contributed by atoms with van der Waals surface area (Å²) in [5.41, 5.74) is 0.314. The predicted octanol–water partition coefficient (Wildman–Crippen LogP) is -2.83. The van der Waals surface area contributed by atoms with Gasteiger partial charge in [0.1, 0.15) is 0 Å². The van der Waals surface area contributed by atoms with E-state index >= 15 is 0 Å². The number of imidazole rings is 1. The highest BCUT2D eigenvalue weighted by Gasteiger charge is 2.20. The molecule has 23 heavy (non-hydrogen) atoms. The first-order valence-electron chi connectivity index (χ1n) is 7.60. The summed E-state index contributed by atoms with van der Waals surface area (Å²) in [4.78, 5) is 28.6. The molecule has 0 aliphatic heterocycles. The Bertz CT molecular complexity index is 803. The number of nitrogens with zero attached hydrogens (tertiary/aromatic N) is 5. The molecule has 130 valence electrons. The van der Waals surface area contributed by atoms with Crippen molar-refractivity contribution in [2.45, 2.75) is 20.4 Å². The fraction of sp³-hybridized carbons (Fsp3) is 0.667. The van der Waals surface area contributed by atoms with E-state index in [0.29, 0.717) is 23.6 Å². The third kappa shape index (κ3) is 3.74. The molecule has 2 heterocycles. The van der Waals surface area contributed by atoms with Crippen molar-refractivity contribution in [2.75, 3.05) is 27.2 Å². The molecule has 8 heteroatoms. The van der Waals surface area contributed by atoms with Crippen molar-refractivity contribution in [1.82, 2.24) is 18.7 Å². The van der Waals surface area contributed by atoms with E-state index in [0.717, 1.165) is 22.1 Å². The molecule has 0 saturated heterocycles. The monoisotopic (exact) mass is 387 g/mol. The zero-order valence-corrected chi connectivity index (χ0v) is 16.3. The number of quaternary nitrogens is 1. The lowest BCUT2D eigenvalue weighted by Gasteiger charge is -2.31. The molecule has 0 amide bonds. The molecule has 1 atom stereocenters. The molecule has 0 aromatic carbocycles. The third-order valence-corrected chi connectivity index (χ3v) is 4.39. The minimum absolute atomic E-state index is 0. The summed E-state index contributed by atoms with van der Waals surface area (Å²) in [6.07, 6.45) is 1.66. The van der Waals surface area contributed by atoms with Gasteiger partial charge in [-0.25, -0.2) is 9.78 Å². The Hall–Kier alpha value is -1.41. The van der Waals surface area contributed by atoms with Crippen LogP contribution in [0.5, 0.6) is 0 Å². The zero-order chi connectivity index (χ0) is 16.7. The van der Waals surface area contributed by atoms with Crippen LogP contribution in [0.15, 0.2) is 15.9 Å². The number of fused-ring (bicyclic) bond motifs is 1. The Labute approximate surface area is 146 Å². The van der Waals surface area contributed by atoms with Gasteiger partial charge in [0.05, 0.1) is 33.5 Å². The van der Waals surface area contributed by atoms with Gasteiger partial charge in [-0.05, 0) is 6.92 Å². The van der Waals surface area contributed by atoms with E-state index < -0.39 is 0 Å².